The molecule has 0 saturated heterocycles. The van der Waals surface area contributed by atoms with Crippen molar-refractivity contribution >= 4 is 11.5 Å². The van der Waals surface area contributed by atoms with Crippen LogP contribution in [0.15, 0.2) is 72.9 Å². The van der Waals surface area contributed by atoms with E-state index in [4.69, 9.17) is 10.5 Å². The molecule has 0 saturated carbocycles. The Kier molecular flexibility index (Phi) is 3.82. The van der Waals surface area contributed by atoms with Gasteiger partial charge in [0.25, 0.3) is 0 Å². The molecule has 0 radical (unpaired) electrons. The molecule has 0 amide bonds. The maximum Gasteiger partial charge on any atom is 0.140 e. The molecule has 2 aromatic carbocycles. The predicted octanol–water partition coefficient (Wildman–Crippen LogP) is 4.30. The number of imidazole rings is 1. The van der Waals surface area contributed by atoms with E-state index in [9.17, 15) is 4.39 Å². The van der Waals surface area contributed by atoms with E-state index in [1.54, 1.807) is 10.5 Å². The maximum atomic E-state index is 13.4. The summed E-state index contributed by atoms with van der Waals surface area (Å²) in [5.41, 5.74) is 9.31. The van der Waals surface area contributed by atoms with Gasteiger partial charge < -0.3 is 10.5 Å². The SMILES string of the molecule is Nc1c(-c2ccc(OCc3ccccc3)cc2)nc2ccc(F)cn12. The van der Waals surface area contributed by atoms with Gasteiger partial charge in [-0.3, -0.25) is 4.40 Å². The van der Waals surface area contributed by atoms with E-state index in [1.165, 1.54) is 12.3 Å². The Balaban J connectivity index is 1.57. The molecule has 2 N–H and O–H groups in total. The van der Waals surface area contributed by atoms with Crippen molar-refractivity contribution in [1.82, 2.24) is 9.38 Å². The number of pyridine rings is 1. The second-order valence-corrected chi connectivity index (χ2v) is 5.72. The summed E-state index contributed by atoms with van der Waals surface area (Å²) in [7, 11) is 0. The number of rotatable bonds is 4. The molecule has 4 aromatic rings. The number of halogens is 1. The van der Waals surface area contributed by atoms with Crippen molar-refractivity contribution in [3.05, 3.63) is 84.3 Å². The molecule has 124 valence electrons. The fraction of sp³-hybridized carbons (Fsp3) is 0.0500. The number of hydrogen-bond donors (Lipinski definition) is 1. The lowest BCUT2D eigenvalue weighted by Crippen LogP contribution is -1.96. The summed E-state index contributed by atoms with van der Waals surface area (Å²) < 4.78 is 20.7. The number of hydrogen-bond acceptors (Lipinski definition) is 3. The summed E-state index contributed by atoms with van der Waals surface area (Å²) in [6.07, 6.45) is 1.33. The Labute approximate surface area is 144 Å². The van der Waals surface area contributed by atoms with Crippen LogP contribution in [0.2, 0.25) is 0 Å². The highest BCUT2D eigenvalue weighted by Crippen LogP contribution is 2.28. The first-order chi connectivity index (χ1) is 12.2. The number of ether oxygens (including phenoxy) is 1. The van der Waals surface area contributed by atoms with Gasteiger partial charge in [-0.2, -0.15) is 0 Å². The molecule has 0 bridgehead atoms. The summed E-state index contributed by atoms with van der Waals surface area (Å²) in [5.74, 6) is 0.821. The van der Waals surface area contributed by atoms with Gasteiger partial charge in [0.15, 0.2) is 0 Å². The summed E-state index contributed by atoms with van der Waals surface area (Å²) in [4.78, 5) is 4.48. The molecule has 4 rings (SSSR count). The Morgan fingerprint density at radius 3 is 2.48 bits per heavy atom. The molecular formula is C20H16FN3O. The van der Waals surface area contributed by atoms with Crippen LogP contribution in [0.3, 0.4) is 0 Å². The van der Waals surface area contributed by atoms with Crippen molar-refractivity contribution in [1.29, 1.82) is 0 Å². The second kappa shape index (κ2) is 6.28. The summed E-state index contributed by atoms with van der Waals surface area (Å²) in [6, 6.07) is 20.5. The fourth-order valence-electron chi connectivity index (χ4n) is 2.70. The Hall–Kier alpha value is -3.34. The van der Waals surface area contributed by atoms with Crippen molar-refractivity contribution in [2.75, 3.05) is 5.73 Å². The smallest absolute Gasteiger partial charge is 0.140 e. The van der Waals surface area contributed by atoms with Crippen LogP contribution >= 0.6 is 0 Å². The molecule has 0 fully saturated rings. The molecule has 0 aliphatic carbocycles. The van der Waals surface area contributed by atoms with Crippen LogP contribution in [0.1, 0.15) is 5.56 Å². The molecule has 25 heavy (non-hydrogen) atoms. The zero-order valence-corrected chi connectivity index (χ0v) is 13.4. The topological polar surface area (TPSA) is 52.5 Å². The first-order valence-corrected chi connectivity index (χ1v) is 7.91. The molecule has 0 aliphatic heterocycles. The lowest BCUT2D eigenvalue weighted by molar-refractivity contribution is 0.306. The van der Waals surface area contributed by atoms with Crippen molar-refractivity contribution in [2.45, 2.75) is 6.61 Å². The second-order valence-electron chi connectivity index (χ2n) is 5.72. The number of aromatic nitrogens is 2. The minimum Gasteiger partial charge on any atom is -0.489 e. The Morgan fingerprint density at radius 1 is 0.960 bits per heavy atom. The average Bonchev–Trinajstić information content (AvgIpc) is 2.98. The number of nitrogen functional groups attached to an aromatic ring is 1. The van der Waals surface area contributed by atoms with Crippen LogP contribution in [0, 0.1) is 5.82 Å². The molecule has 0 spiro atoms. The fourth-order valence-corrected chi connectivity index (χ4v) is 2.70. The van der Waals surface area contributed by atoms with Gasteiger partial charge in [-0.25, -0.2) is 9.37 Å². The van der Waals surface area contributed by atoms with Gasteiger partial charge in [0.2, 0.25) is 0 Å². The average molecular weight is 333 g/mol. The number of benzene rings is 2. The van der Waals surface area contributed by atoms with Crippen LogP contribution < -0.4 is 10.5 Å². The van der Waals surface area contributed by atoms with Crippen molar-refractivity contribution < 1.29 is 9.13 Å². The van der Waals surface area contributed by atoms with Gasteiger partial charge in [0.05, 0.1) is 0 Å². The van der Waals surface area contributed by atoms with Gasteiger partial charge >= 0.3 is 0 Å². The van der Waals surface area contributed by atoms with Crippen LogP contribution in [-0.2, 0) is 6.61 Å². The lowest BCUT2D eigenvalue weighted by atomic mass is 10.1. The van der Waals surface area contributed by atoms with Crippen LogP contribution in [0.5, 0.6) is 5.75 Å². The zero-order valence-electron chi connectivity index (χ0n) is 13.4. The van der Waals surface area contributed by atoms with Crippen molar-refractivity contribution in [3.8, 4) is 17.0 Å². The quantitative estimate of drug-likeness (QED) is 0.606. The minimum atomic E-state index is -0.354. The normalized spacial score (nSPS) is 10.9. The van der Waals surface area contributed by atoms with E-state index in [1.807, 2.05) is 54.6 Å². The van der Waals surface area contributed by atoms with E-state index < -0.39 is 0 Å². The Morgan fingerprint density at radius 2 is 1.72 bits per heavy atom. The molecule has 5 heteroatoms. The molecule has 4 nitrogen and oxygen atoms in total. The summed E-state index contributed by atoms with van der Waals surface area (Å²) >= 11 is 0. The van der Waals surface area contributed by atoms with Crippen molar-refractivity contribution in [3.63, 3.8) is 0 Å². The van der Waals surface area contributed by atoms with Gasteiger partial charge in [0.1, 0.15) is 35.3 Å². The van der Waals surface area contributed by atoms with Crippen LogP contribution in [-0.4, -0.2) is 9.38 Å². The number of nitrogens with zero attached hydrogens (tertiary/aromatic N) is 2. The van der Waals surface area contributed by atoms with Gasteiger partial charge in [-0.05, 0) is 42.0 Å². The highest BCUT2D eigenvalue weighted by molar-refractivity contribution is 5.75. The highest BCUT2D eigenvalue weighted by Gasteiger charge is 2.12. The third-order valence-electron chi connectivity index (χ3n) is 4.00. The third kappa shape index (κ3) is 3.04. The molecule has 0 unspecified atom stereocenters. The van der Waals surface area contributed by atoms with E-state index in [0.29, 0.717) is 23.8 Å². The summed E-state index contributed by atoms with van der Waals surface area (Å²) in [6.45, 7) is 0.510. The van der Waals surface area contributed by atoms with Crippen LogP contribution in [0.25, 0.3) is 16.9 Å². The molecule has 0 atom stereocenters. The van der Waals surface area contributed by atoms with Gasteiger partial charge in [0, 0.05) is 11.8 Å². The number of nitrogens with two attached hydrogens (primary N) is 1. The lowest BCUT2D eigenvalue weighted by Gasteiger charge is -2.07. The molecule has 2 heterocycles. The van der Waals surface area contributed by atoms with Crippen LogP contribution in [0.4, 0.5) is 10.2 Å². The monoisotopic (exact) mass is 333 g/mol. The van der Waals surface area contributed by atoms with Gasteiger partial charge in [-0.1, -0.05) is 30.3 Å². The van der Waals surface area contributed by atoms with Gasteiger partial charge in [-0.15, -0.1) is 0 Å². The first kappa shape index (κ1) is 15.2. The standard InChI is InChI=1S/C20H16FN3O/c21-16-8-11-18-23-19(20(22)24(18)12-16)15-6-9-17(10-7-15)25-13-14-4-2-1-3-5-14/h1-12H,13,22H2. The number of fused-ring (bicyclic) bond motifs is 1. The first-order valence-electron chi connectivity index (χ1n) is 7.91. The van der Waals surface area contributed by atoms with E-state index in [2.05, 4.69) is 4.98 Å². The predicted molar refractivity (Wildman–Crippen MR) is 95.8 cm³/mol. The summed E-state index contributed by atoms with van der Waals surface area (Å²) in [5, 5.41) is 0. The third-order valence-corrected chi connectivity index (χ3v) is 4.00. The minimum absolute atomic E-state index is 0.354. The largest absolute Gasteiger partial charge is 0.489 e. The van der Waals surface area contributed by atoms with E-state index in [-0.39, 0.29) is 5.82 Å². The molecular weight excluding hydrogens is 317 g/mol. The number of anilines is 1. The molecule has 0 aliphatic rings. The zero-order chi connectivity index (χ0) is 17.2. The molecule has 2 aromatic heterocycles. The Bertz CT molecular complexity index is 1010. The van der Waals surface area contributed by atoms with E-state index in [0.717, 1.165) is 16.9 Å². The highest BCUT2D eigenvalue weighted by atomic mass is 19.1. The maximum absolute atomic E-state index is 13.4. The van der Waals surface area contributed by atoms with E-state index >= 15 is 0 Å². The van der Waals surface area contributed by atoms with Crippen molar-refractivity contribution in [2.24, 2.45) is 0 Å².